The maximum atomic E-state index is 4.39. The molecular weight excluding hydrogens is 184 g/mol. The van der Waals surface area contributed by atoms with Gasteiger partial charge in [0, 0.05) is 31.4 Å². The quantitative estimate of drug-likeness (QED) is 0.693. The molecule has 0 unspecified atom stereocenters. The van der Waals surface area contributed by atoms with E-state index < -0.39 is 0 Å². The van der Waals surface area contributed by atoms with Gasteiger partial charge in [0.2, 0.25) is 0 Å². The summed E-state index contributed by atoms with van der Waals surface area (Å²) in [6.45, 7) is 8.33. The molecular formula is C13H22N2. The molecule has 1 atom stereocenters. The van der Waals surface area contributed by atoms with Crippen molar-refractivity contribution in [1.29, 1.82) is 0 Å². The van der Waals surface area contributed by atoms with Crippen molar-refractivity contribution in [2.24, 2.45) is 16.8 Å². The van der Waals surface area contributed by atoms with E-state index in [1.165, 1.54) is 31.6 Å². The summed E-state index contributed by atoms with van der Waals surface area (Å²) in [6.07, 6.45) is 7.95. The van der Waals surface area contributed by atoms with Crippen LogP contribution in [-0.2, 0) is 0 Å². The van der Waals surface area contributed by atoms with E-state index in [9.17, 15) is 0 Å². The average molecular weight is 206 g/mol. The van der Waals surface area contributed by atoms with Gasteiger partial charge in [-0.3, -0.25) is 9.89 Å². The predicted octanol–water partition coefficient (Wildman–Crippen LogP) is 2.71. The van der Waals surface area contributed by atoms with E-state index >= 15 is 0 Å². The van der Waals surface area contributed by atoms with Crippen molar-refractivity contribution in [1.82, 2.24) is 4.90 Å². The van der Waals surface area contributed by atoms with Crippen LogP contribution in [0.2, 0.25) is 0 Å². The number of nitrogens with zero attached hydrogens (tertiary/aromatic N) is 2. The molecule has 0 aromatic carbocycles. The molecule has 0 spiro atoms. The van der Waals surface area contributed by atoms with Crippen LogP contribution < -0.4 is 0 Å². The van der Waals surface area contributed by atoms with Crippen LogP contribution in [0.5, 0.6) is 0 Å². The van der Waals surface area contributed by atoms with E-state index in [0.29, 0.717) is 0 Å². The SMILES string of the molecule is CC(C)[C@@H]1CCCN(CC2=NC=CC2)C1. The molecule has 2 heterocycles. The van der Waals surface area contributed by atoms with Gasteiger partial charge >= 0.3 is 0 Å². The first-order chi connectivity index (χ1) is 7.25. The Balaban J connectivity index is 1.82. The van der Waals surface area contributed by atoms with Crippen LogP contribution in [0, 0.1) is 11.8 Å². The molecule has 0 amide bonds. The normalized spacial score (nSPS) is 27.4. The van der Waals surface area contributed by atoms with Gasteiger partial charge in [0.05, 0.1) is 0 Å². The largest absolute Gasteiger partial charge is 0.298 e. The summed E-state index contributed by atoms with van der Waals surface area (Å²) in [5.74, 6) is 1.73. The fourth-order valence-electron chi connectivity index (χ4n) is 2.54. The third-order valence-electron chi connectivity index (χ3n) is 3.61. The highest BCUT2D eigenvalue weighted by atomic mass is 15.1. The smallest absolute Gasteiger partial charge is 0.0371 e. The Bertz CT molecular complexity index is 266. The molecule has 0 radical (unpaired) electrons. The van der Waals surface area contributed by atoms with Gasteiger partial charge in [-0.05, 0) is 31.2 Å². The first-order valence-corrected chi connectivity index (χ1v) is 6.18. The minimum atomic E-state index is 0.830. The summed E-state index contributed by atoms with van der Waals surface area (Å²) in [6, 6.07) is 0. The lowest BCUT2D eigenvalue weighted by Crippen LogP contribution is -2.40. The van der Waals surface area contributed by atoms with Crippen LogP contribution in [0.25, 0.3) is 0 Å². The summed E-state index contributed by atoms with van der Waals surface area (Å²) < 4.78 is 0. The fraction of sp³-hybridized carbons (Fsp3) is 0.769. The number of likely N-dealkylation sites (tertiary alicyclic amines) is 1. The first kappa shape index (κ1) is 10.9. The zero-order chi connectivity index (χ0) is 10.7. The van der Waals surface area contributed by atoms with E-state index in [1.807, 2.05) is 6.20 Å². The molecule has 2 rings (SSSR count). The summed E-state index contributed by atoms with van der Waals surface area (Å²) in [4.78, 5) is 6.98. The maximum absolute atomic E-state index is 4.39. The highest BCUT2D eigenvalue weighted by molar-refractivity contribution is 5.89. The van der Waals surface area contributed by atoms with Gasteiger partial charge in [0.15, 0.2) is 0 Å². The van der Waals surface area contributed by atoms with Crippen molar-refractivity contribution < 1.29 is 0 Å². The summed E-state index contributed by atoms with van der Waals surface area (Å²) in [5, 5.41) is 0. The van der Waals surface area contributed by atoms with Gasteiger partial charge in [-0.25, -0.2) is 0 Å². The second kappa shape index (κ2) is 4.93. The lowest BCUT2D eigenvalue weighted by Gasteiger charge is -2.34. The third-order valence-corrected chi connectivity index (χ3v) is 3.61. The van der Waals surface area contributed by atoms with Crippen LogP contribution in [0.1, 0.15) is 33.1 Å². The topological polar surface area (TPSA) is 15.6 Å². The van der Waals surface area contributed by atoms with Crippen molar-refractivity contribution in [3.8, 4) is 0 Å². The molecule has 0 aromatic rings. The van der Waals surface area contributed by atoms with Crippen molar-refractivity contribution in [2.75, 3.05) is 19.6 Å². The number of hydrogen-bond donors (Lipinski definition) is 0. The number of allylic oxidation sites excluding steroid dienone is 1. The molecule has 2 heteroatoms. The van der Waals surface area contributed by atoms with Crippen LogP contribution in [-0.4, -0.2) is 30.2 Å². The second-order valence-electron chi connectivity index (χ2n) is 5.17. The number of rotatable bonds is 3. The van der Waals surface area contributed by atoms with Crippen molar-refractivity contribution in [2.45, 2.75) is 33.1 Å². The van der Waals surface area contributed by atoms with Crippen molar-refractivity contribution in [3.05, 3.63) is 12.3 Å². The molecule has 0 aromatic heterocycles. The van der Waals surface area contributed by atoms with Gasteiger partial charge in [0.25, 0.3) is 0 Å². The molecule has 15 heavy (non-hydrogen) atoms. The molecule has 2 nitrogen and oxygen atoms in total. The van der Waals surface area contributed by atoms with Crippen LogP contribution in [0.15, 0.2) is 17.3 Å². The van der Waals surface area contributed by atoms with Crippen LogP contribution >= 0.6 is 0 Å². The van der Waals surface area contributed by atoms with Crippen molar-refractivity contribution in [3.63, 3.8) is 0 Å². The predicted molar refractivity (Wildman–Crippen MR) is 65.2 cm³/mol. The molecule has 2 aliphatic heterocycles. The Labute approximate surface area is 93.1 Å². The molecule has 0 N–H and O–H groups in total. The lowest BCUT2D eigenvalue weighted by atomic mass is 9.88. The lowest BCUT2D eigenvalue weighted by molar-refractivity contribution is 0.162. The van der Waals surface area contributed by atoms with E-state index in [-0.39, 0.29) is 0 Å². The van der Waals surface area contributed by atoms with Gasteiger partial charge in [-0.15, -0.1) is 0 Å². The van der Waals surface area contributed by atoms with Gasteiger partial charge in [0.1, 0.15) is 0 Å². The zero-order valence-corrected chi connectivity index (χ0v) is 9.95. The van der Waals surface area contributed by atoms with E-state index in [1.54, 1.807) is 0 Å². The second-order valence-corrected chi connectivity index (χ2v) is 5.17. The van der Waals surface area contributed by atoms with Crippen LogP contribution in [0.4, 0.5) is 0 Å². The Kier molecular flexibility index (Phi) is 3.57. The molecule has 0 aliphatic carbocycles. The molecule has 1 saturated heterocycles. The monoisotopic (exact) mass is 206 g/mol. The number of hydrogen-bond acceptors (Lipinski definition) is 2. The Hall–Kier alpha value is -0.630. The number of piperidine rings is 1. The van der Waals surface area contributed by atoms with Gasteiger partial charge in [-0.1, -0.05) is 19.9 Å². The molecule has 0 bridgehead atoms. The van der Waals surface area contributed by atoms with Gasteiger partial charge in [-0.2, -0.15) is 0 Å². The summed E-state index contributed by atoms with van der Waals surface area (Å²) in [5.41, 5.74) is 1.35. The van der Waals surface area contributed by atoms with E-state index in [0.717, 1.165) is 24.8 Å². The zero-order valence-electron chi connectivity index (χ0n) is 9.95. The third kappa shape index (κ3) is 2.91. The van der Waals surface area contributed by atoms with Crippen LogP contribution in [0.3, 0.4) is 0 Å². The minimum absolute atomic E-state index is 0.830. The Morgan fingerprint density at radius 2 is 2.40 bits per heavy atom. The molecule has 2 aliphatic rings. The molecule has 1 fully saturated rings. The van der Waals surface area contributed by atoms with Crippen molar-refractivity contribution >= 4 is 5.71 Å². The highest BCUT2D eigenvalue weighted by Gasteiger charge is 2.22. The fourth-order valence-corrected chi connectivity index (χ4v) is 2.54. The molecule has 0 saturated carbocycles. The number of aliphatic imine (C=N–C) groups is 1. The standard InChI is InChI=1S/C13H22N2/c1-11(2)12-5-4-8-15(9-12)10-13-6-3-7-14-13/h3,7,11-12H,4-6,8-10H2,1-2H3/t12-/m1/s1. The Morgan fingerprint density at radius 3 is 3.07 bits per heavy atom. The Morgan fingerprint density at radius 1 is 1.53 bits per heavy atom. The van der Waals surface area contributed by atoms with E-state index in [2.05, 4.69) is 29.8 Å². The average Bonchev–Trinajstić information content (AvgIpc) is 2.71. The van der Waals surface area contributed by atoms with E-state index in [4.69, 9.17) is 0 Å². The highest BCUT2D eigenvalue weighted by Crippen LogP contribution is 2.23. The first-order valence-electron chi connectivity index (χ1n) is 6.18. The minimum Gasteiger partial charge on any atom is -0.298 e. The van der Waals surface area contributed by atoms with Gasteiger partial charge < -0.3 is 0 Å². The molecule has 84 valence electrons. The summed E-state index contributed by atoms with van der Waals surface area (Å²) >= 11 is 0. The summed E-state index contributed by atoms with van der Waals surface area (Å²) in [7, 11) is 0. The maximum Gasteiger partial charge on any atom is 0.0371 e.